The third-order valence-corrected chi connectivity index (χ3v) is 3.61. The minimum atomic E-state index is -1.10. The summed E-state index contributed by atoms with van der Waals surface area (Å²) in [6, 6.07) is 3.23. The van der Waals surface area contributed by atoms with Crippen LogP contribution in [-0.4, -0.2) is 21.0 Å². The Bertz CT molecular complexity index is 581. The van der Waals surface area contributed by atoms with Gasteiger partial charge in [-0.2, -0.15) is 0 Å². The van der Waals surface area contributed by atoms with Gasteiger partial charge in [0.15, 0.2) is 11.4 Å². The Kier molecular flexibility index (Phi) is 4.11. The zero-order valence-electron chi connectivity index (χ0n) is 10.7. The van der Waals surface area contributed by atoms with Crippen LogP contribution in [-0.2, 0) is 6.61 Å². The summed E-state index contributed by atoms with van der Waals surface area (Å²) in [5, 5.41) is 12.0. The third kappa shape index (κ3) is 3.29. The highest BCUT2D eigenvalue weighted by Gasteiger charge is 2.13. The SMILES string of the molecule is CC(C)c1nc(COc2cccnc2C(=O)O)cs1. The first-order chi connectivity index (χ1) is 9.08. The molecule has 1 N–H and O–H groups in total. The smallest absolute Gasteiger partial charge is 0.358 e. The highest BCUT2D eigenvalue weighted by Crippen LogP contribution is 2.21. The van der Waals surface area contributed by atoms with Crippen molar-refractivity contribution >= 4 is 17.3 Å². The first-order valence-corrected chi connectivity index (χ1v) is 6.71. The number of nitrogens with zero attached hydrogens (tertiary/aromatic N) is 2. The number of hydrogen-bond acceptors (Lipinski definition) is 5. The summed E-state index contributed by atoms with van der Waals surface area (Å²) in [6.45, 7) is 4.40. The van der Waals surface area contributed by atoms with Crippen molar-refractivity contribution in [3.8, 4) is 5.75 Å². The number of pyridine rings is 1. The lowest BCUT2D eigenvalue weighted by atomic mass is 10.2. The minimum Gasteiger partial charge on any atom is -0.485 e. The number of rotatable bonds is 5. The monoisotopic (exact) mass is 278 g/mol. The predicted molar refractivity (Wildman–Crippen MR) is 71.7 cm³/mol. The molecule has 0 unspecified atom stereocenters. The van der Waals surface area contributed by atoms with Crippen LogP contribution in [0, 0.1) is 0 Å². The van der Waals surface area contributed by atoms with Crippen LogP contribution in [0.5, 0.6) is 5.75 Å². The van der Waals surface area contributed by atoms with Crippen molar-refractivity contribution in [2.45, 2.75) is 26.4 Å². The molecule has 0 atom stereocenters. The van der Waals surface area contributed by atoms with Crippen molar-refractivity contribution in [1.82, 2.24) is 9.97 Å². The molecule has 19 heavy (non-hydrogen) atoms. The van der Waals surface area contributed by atoms with Crippen LogP contribution >= 0.6 is 11.3 Å². The zero-order valence-corrected chi connectivity index (χ0v) is 11.5. The quantitative estimate of drug-likeness (QED) is 0.910. The molecule has 0 fully saturated rings. The van der Waals surface area contributed by atoms with Crippen molar-refractivity contribution in [1.29, 1.82) is 0 Å². The van der Waals surface area contributed by atoms with E-state index in [0.29, 0.717) is 5.92 Å². The summed E-state index contributed by atoms with van der Waals surface area (Å²) in [6.07, 6.45) is 1.43. The van der Waals surface area contributed by atoms with Crippen molar-refractivity contribution in [2.24, 2.45) is 0 Å². The third-order valence-electron chi connectivity index (χ3n) is 2.41. The number of thiazole rings is 1. The lowest BCUT2D eigenvalue weighted by Crippen LogP contribution is -2.05. The molecule has 0 bridgehead atoms. The van der Waals surface area contributed by atoms with Gasteiger partial charge in [-0.25, -0.2) is 14.8 Å². The van der Waals surface area contributed by atoms with Crippen molar-refractivity contribution in [3.05, 3.63) is 40.1 Å². The van der Waals surface area contributed by atoms with Crippen LogP contribution < -0.4 is 4.74 Å². The van der Waals surface area contributed by atoms with E-state index in [2.05, 4.69) is 23.8 Å². The summed E-state index contributed by atoms with van der Waals surface area (Å²) in [7, 11) is 0. The number of carboxylic acid groups (broad SMARTS) is 1. The van der Waals surface area contributed by atoms with Crippen LogP contribution in [0.3, 0.4) is 0 Å². The van der Waals surface area contributed by atoms with Crippen molar-refractivity contribution in [2.75, 3.05) is 0 Å². The molecule has 2 aromatic rings. The highest BCUT2D eigenvalue weighted by atomic mass is 32.1. The summed E-state index contributed by atoms with van der Waals surface area (Å²) in [4.78, 5) is 19.2. The Morgan fingerprint density at radius 2 is 2.32 bits per heavy atom. The maximum absolute atomic E-state index is 11.0. The van der Waals surface area contributed by atoms with Crippen LogP contribution in [0.1, 0.15) is 41.0 Å². The van der Waals surface area contributed by atoms with E-state index in [1.54, 1.807) is 23.5 Å². The fourth-order valence-electron chi connectivity index (χ4n) is 1.47. The van der Waals surface area contributed by atoms with Crippen LogP contribution in [0.2, 0.25) is 0 Å². The van der Waals surface area contributed by atoms with Gasteiger partial charge >= 0.3 is 5.97 Å². The predicted octanol–water partition coefficient (Wildman–Crippen LogP) is 2.94. The number of carbonyl (C=O) groups is 1. The van der Waals surface area contributed by atoms with Gasteiger partial charge in [0.1, 0.15) is 6.61 Å². The van der Waals surface area contributed by atoms with Gasteiger partial charge in [0.05, 0.1) is 10.7 Å². The van der Waals surface area contributed by atoms with Gasteiger partial charge in [0, 0.05) is 17.5 Å². The van der Waals surface area contributed by atoms with Gasteiger partial charge in [-0.3, -0.25) is 0 Å². The Balaban J connectivity index is 2.08. The van der Waals surface area contributed by atoms with E-state index in [9.17, 15) is 4.79 Å². The van der Waals surface area contributed by atoms with Gasteiger partial charge in [0.2, 0.25) is 0 Å². The lowest BCUT2D eigenvalue weighted by molar-refractivity contribution is 0.0684. The Hall–Kier alpha value is -1.95. The fraction of sp³-hybridized carbons (Fsp3) is 0.308. The van der Waals surface area contributed by atoms with E-state index < -0.39 is 5.97 Å². The molecule has 0 aliphatic carbocycles. The standard InChI is InChI=1S/C13H14N2O3S/c1-8(2)12-15-9(7-19-12)6-18-10-4-3-5-14-11(10)13(16)17/h3-5,7-8H,6H2,1-2H3,(H,16,17). The average molecular weight is 278 g/mol. The summed E-state index contributed by atoms with van der Waals surface area (Å²) < 4.78 is 5.48. The fourth-order valence-corrected chi connectivity index (χ4v) is 2.29. The first-order valence-electron chi connectivity index (χ1n) is 5.83. The maximum atomic E-state index is 11.0. The molecule has 0 saturated heterocycles. The molecule has 5 nitrogen and oxygen atoms in total. The Morgan fingerprint density at radius 1 is 1.53 bits per heavy atom. The second-order valence-corrected chi connectivity index (χ2v) is 5.17. The minimum absolute atomic E-state index is 0.0817. The van der Waals surface area contributed by atoms with Gasteiger partial charge < -0.3 is 9.84 Å². The molecule has 2 aromatic heterocycles. The van der Waals surface area contributed by atoms with E-state index >= 15 is 0 Å². The molecule has 0 radical (unpaired) electrons. The molecule has 0 spiro atoms. The Labute approximate surface area is 114 Å². The summed E-state index contributed by atoms with van der Waals surface area (Å²) >= 11 is 1.58. The van der Waals surface area contributed by atoms with Gasteiger partial charge in [-0.15, -0.1) is 11.3 Å². The maximum Gasteiger partial charge on any atom is 0.358 e. The van der Waals surface area contributed by atoms with E-state index in [1.165, 1.54) is 6.20 Å². The number of aromatic carboxylic acids is 1. The molecule has 6 heteroatoms. The molecule has 0 aromatic carbocycles. The molecular weight excluding hydrogens is 264 g/mol. The van der Waals surface area contributed by atoms with E-state index in [4.69, 9.17) is 9.84 Å². The number of aromatic nitrogens is 2. The molecule has 0 saturated carbocycles. The van der Waals surface area contributed by atoms with Crippen LogP contribution in [0.25, 0.3) is 0 Å². The summed E-state index contributed by atoms with van der Waals surface area (Å²) in [5.41, 5.74) is 0.718. The number of ether oxygens (including phenoxy) is 1. The zero-order chi connectivity index (χ0) is 13.8. The first kappa shape index (κ1) is 13.5. The molecule has 0 aliphatic heterocycles. The largest absolute Gasteiger partial charge is 0.485 e. The van der Waals surface area contributed by atoms with Gasteiger partial charge in [0.25, 0.3) is 0 Å². The molecule has 100 valence electrons. The summed E-state index contributed by atoms with van der Waals surface area (Å²) in [5.74, 6) is -0.461. The number of carboxylic acids is 1. The second kappa shape index (κ2) is 5.79. The van der Waals surface area contributed by atoms with Crippen LogP contribution in [0.4, 0.5) is 0 Å². The second-order valence-electron chi connectivity index (χ2n) is 4.28. The van der Waals surface area contributed by atoms with Gasteiger partial charge in [-0.05, 0) is 12.1 Å². The molecule has 0 aliphatic rings. The molecule has 2 heterocycles. The Morgan fingerprint density at radius 3 is 2.95 bits per heavy atom. The molecule has 2 rings (SSSR count). The normalized spacial score (nSPS) is 10.7. The highest BCUT2D eigenvalue weighted by molar-refractivity contribution is 7.09. The van der Waals surface area contributed by atoms with Gasteiger partial charge in [-0.1, -0.05) is 13.8 Å². The van der Waals surface area contributed by atoms with Crippen molar-refractivity contribution < 1.29 is 14.6 Å². The van der Waals surface area contributed by atoms with E-state index in [1.807, 2.05) is 5.38 Å². The molecular formula is C13H14N2O3S. The molecule has 0 amide bonds. The van der Waals surface area contributed by atoms with E-state index in [-0.39, 0.29) is 18.1 Å². The van der Waals surface area contributed by atoms with E-state index in [0.717, 1.165) is 10.7 Å². The number of hydrogen-bond donors (Lipinski definition) is 1. The lowest BCUT2D eigenvalue weighted by Gasteiger charge is -2.06. The average Bonchev–Trinajstić information content (AvgIpc) is 2.85. The van der Waals surface area contributed by atoms with Crippen LogP contribution in [0.15, 0.2) is 23.7 Å². The topological polar surface area (TPSA) is 72.3 Å². The van der Waals surface area contributed by atoms with Crippen molar-refractivity contribution in [3.63, 3.8) is 0 Å².